The van der Waals surface area contributed by atoms with Gasteiger partial charge in [-0.2, -0.15) is 0 Å². The molecule has 144 valence electrons. The van der Waals surface area contributed by atoms with Crippen LogP contribution < -0.4 is 24.3 Å². The Hall–Kier alpha value is -2.89. The number of rotatable bonds is 7. The van der Waals surface area contributed by atoms with Gasteiger partial charge in [0.1, 0.15) is 18.1 Å². The molecular weight excluding hydrogens is 346 g/mol. The summed E-state index contributed by atoms with van der Waals surface area (Å²) in [7, 11) is 3.23. The summed E-state index contributed by atoms with van der Waals surface area (Å²) in [6.07, 6.45) is 0.630. The highest BCUT2D eigenvalue weighted by molar-refractivity contribution is 5.79. The molecule has 1 amide bonds. The standard InChI is InChI=1S/C21H25NO5/c1-4-26-20-9-14(5-7-19(20)25-3)12-22-21(23)16-10-15-11-17(24-2)6-8-18(15)27-13-16/h5-9,11,16H,4,10,12-13H2,1-3H3,(H,22,23)/t16-/m0/s1. The second kappa shape index (κ2) is 8.66. The Morgan fingerprint density at radius 3 is 2.74 bits per heavy atom. The molecule has 0 saturated carbocycles. The van der Waals surface area contributed by atoms with E-state index in [4.69, 9.17) is 18.9 Å². The van der Waals surface area contributed by atoms with Crippen molar-refractivity contribution in [3.63, 3.8) is 0 Å². The van der Waals surface area contributed by atoms with Crippen molar-refractivity contribution >= 4 is 5.91 Å². The molecule has 6 nitrogen and oxygen atoms in total. The van der Waals surface area contributed by atoms with Gasteiger partial charge in [0.2, 0.25) is 5.91 Å². The van der Waals surface area contributed by atoms with E-state index in [0.29, 0.717) is 37.7 Å². The minimum Gasteiger partial charge on any atom is -0.497 e. The normalized spacial score (nSPS) is 15.3. The van der Waals surface area contributed by atoms with Crippen LogP contribution in [0.5, 0.6) is 23.0 Å². The monoisotopic (exact) mass is 371 g/mol. The van der Waals surface area contributed by atoms with Gasteiger partial charge in [-0.15, -0.1) is 0 Å². The van der Waals surface area contributed by atoms with Crippen LogP contribution in [0.3, 0.4) is 0 Å². The van der Waals surface area contributed by atoms with Crippen molar-refractivity contribution in [1.29, 1.82) is 0 Å². The third-order valence-corrected chi connectivity index (χ3v) is 4.54. The molecule has 0 saturated heterocycles. The highest BCUT2D eigenvalue weighted by Crippen LogP contribution is 2.31. The fourth-order valence-corrected chi connectivity index (χ4v) is 3.10. The molecule has 0 spiro atoms. The third-order valence-electron chi connectivity index (χ3n) is 4.54. The summed E-state index contributed by atoms with van der Waals surface area (Å²) in [4.78, 5) is 12.6. The van der Waals surface area contributed by atoms with Crippen LogP contribution in [0, 0.1) is 5.92 Å². The first-order valence-corrected chi connectivity index (χ1v) is 9.01. The van der Waals surface area contributed by atoms with Crippen molar-refractivity contribution in [2.75, 3.05) is 27.4 Å². The lowest BCUT2D eigenvalue weighted by molar-refractivity contribution is -0.126. The first-order valence-electron chi connectivity index (χ1n) is 9.01. The van der Waals surface area contributed by atoms with Crippen LogP contribution in [0.4, 0.5) is 0 Å². The van der Waals surface area contributed by atoms with Crippen molar-refractivity contribution in [2.24, 2.45) is 5.92 Å². The van der Waals surface area contributed by atoms with Crippen molar-refractivity contribution in [2.45, 2.75) is 19.9 Å². The number of hydrogen-bond donors (Lipinski definition) is 1. The molecule has 1 aliphatic heterocycles. The lowest BCUT2D eigenvalue weighted by Crippen LogP contribution is -2.37. The number of nitrogens with one attached hydrogen (secondary N) is 1. The number of amides is 1. The maximum Gasteiger partial charge on any atom is 0.227 e. The number of fused-ring (bicyclic) bond motifs is 1. The zero-order chi connectivity index (χ0) is 19.2. The van der Waals surface area contributed by atoms with E-state index >= 15 is 0 Å². The Kier molecular flexibility index (Phi) is 6.06. The first-order chi connectivity index (χ1) is 13.1. The second-order valence-electron chi connectivity index (χ2n) is 6.32. The van der Waals surface area contributed by atoms with Crippen LogP contribution in [0.1, 0.15) is 18.1 Å². The minimum absolute atomic E-state index is 0.0303. The molecule has 0 aliphatic carbocycles. The quantitative estimate of drug-likeness (QED) is 0.811. The van der Waals surface area contributed by atoms with Gasteiger partial charge in [-0.25, -0.2) is 0 Å². The molecule has 6 heteroatoms. The van der Waals surface area contributed by atoms with Gasteiger partial charge in [0.25, 0.3) is 0 Å². The Balaban J connectivity index is 1.62. The lowest BCUT2D eigenvalue weighted by Gasteiger charge is -2.25. The fourth-order valence-electron chi connectivity index (χ4n) is 3.10. The number of hydrogen-bond acceptors (Lipinski definition) is 5. The molecule has 2 aromatic carbocycles. The van der Waals surface area contributed by atoms with Gasteiger partial charge in [-0.3, -0.25) is 4.79 Å². The SMILES string of the molecule is CCOc1cc(CNC(=O)[C@@H]2COc3ccc(OC)cc3C2)ccc1OC. The zero-order valence-electron chi connectivity index (χ0n) is 15.9. The van der Waals surface area contributed by atoms with Crippen molar-refractivity contribution in [3.8, 4) is 23.0 Å². The Morgan fingerprint density at radius 2 is 2.00 bits per heavy atom. The Bertz CT molecular complexity index is 805. The molecule has 0 aromatic heterocycles. The van der Waals surface area contributed by atoms with Crippen LogP contribution in [-0.2, 0) is 17.8 Å². The van der Waals surface area contributed by atoms with Crippen LogP contribution >= 0.6 is 0 Å². The molecule has 27 heavy (non-hydrogen) atoms. The lowest BCUT2D eigenvalue weighted by atomic mass is 9.95. The number of carbonyl (C=O) groups is 1. The average molecular weight is 371 g/mol. The van der Waals surface area contributed by atoms with Crippen molar-refractivity contribution < 1.29 is 23.7 Å². The molecule has 1 aliphatic rings. The minimum atomic E-state index is -0.228. The van der Waals surface area contributed by atoms with Gasteiger partial charge >= 0.3 is 0 Å². The Morgan fingerprint density at radius 1 is 1.15 bits per heavy atom. The van der Waals surface area contributed by atoms with Gasteiger partial charge < -0.3 is 24.3 Å². The molecule has 0 fully saturated rings. The molecule has 1 heterocycles. The zero-order valence-corrected chi connectivity index (χ0v) is 15.9. The van der Waals surface area contributed by atoms with Gasteiger partial charge in [0.15, 0.2) is 11.5 Å². The van der Waals surface area contributed by atoms with Crippen LogP contribution in [0.15, 0.2) is 36.4 Å². The van der Waals surface area contributed by atoms with E-state index in [0.717, 1.165) is 22.6 Å². The number of ether oxygens (including phenoxy) is 4. The number of carbonyl (C=O) groups excluding carboxylic acids is 1. The summed E-state index contributed by atoms with van der Waals surface area (Å²) in [5.41, 5.74) is 1.94. The third kappa shape index (κ3) is 4.45. The summed E-state index contributed by atoms with van der Waals surface area (Å²) < 4.78 is 21.9. The molecule has 2 aromatic rings. The van der Waals surface area contributed by atoms with Crippen molar-refractivity contribution in [1.82, 2.24) is 5.32 Å². The molecule has 0 bridgehead atoms. The Labute approximate surface area is 159 Å². The van der Waals surface area contributed by atoms with Gasteiger partial charge in [-0.05, 0) is 54.8 Å². The number of methoxy groups -OCH3 is 2. The molecule has 1 N–H and O–H groups in total. The highest BCUT2D eigenvalue weighted by Gasteiger charge is 2.26. The molecule has 3 rings (SSSR count). The van der Waals surface area contributed by atoms with Gasteiger partial charge in [0.05, 0.1) is 26.7 Å². The number of benzene rings is 2. The van der Waals surface area contributed by atoms with Crippen LogP contribution in [0.2, 0.25) is 0 Å². The van der Waals surface area contributed by atoms with Gasteiger partial charge in [-0.1, -0.05) is 6.07 Å². The average Bonchev–Trinajstić information content (AvgIpc) is 2.71. The van der Waals surface area contributed by atoms with E-state index in [1.165, 1.54) is 0 Å². The second-order valence-corrected chi connectivity index (χ2v) is 6.32. The first kappa shape index (κ1) is 18.9. The summed E-state index contributed by atoms with van der Waals surface area (Å²) in [5, 5.41) is 2.99. The van der Waals surface area contributed by atoms with E-state index in [2.05, 4.69) is 5.32 Å². The summed E-state index contributed by atoms with van der Waals surface area (Å²) >= 11 is 0. The van der Waals surface area contributed by atoms with E-state index in [9.17, 15) is 4.79 Å². The molecule has 0 radical (unpaired) electrons. The van der Waals surface area contributed by atoms with E-state index in [1.54, 1.807) is 14.2 Å². The predicted molar refractivity (Wildman–Crippen MR) is 102 cm³/mol. The summed E-state index contributed by atoms with van der Waals surface area (Å²) in [6, 6.07) is 11.3. The van der Waals surface area contributed by atoms with Crippen molar-refractivity contribution in [3.05, 3.63) is 47.5 Å². The summed E-state index contributed by atoms with van der Waals surface area (Å²) in [6.45, 7) is 3.26. The van der Waals surface area contributed by atoms with Crippen LogP contribution in [0.25, 0.3) is 0 Å². The smallest absolute Gasteiger partial charge is 0.227 e. The maximum absolute atomic E-state index is 12.6. The fraction of sp³-hybridized carbons (Fsp3) is 0.381. The maximum atomic E-state index is 12.6. The topological polar surface area (TPSA) is 66.0 Å². The van der Waals surface area contributed by atoms with E-state index < -0.39 is 0 Å². The summed E-state index contributed by atoms with van der Waals surface area (Å²) in [5.74, 6) is 2.68. The molecule has 0 unspecified atom stereocenters. The molecule has 1 atom stereocenters. The highest BCUT2D eigenvalue weighted by atomic mass is 16.5. The van der Waals surface area contributed by atoms with Crippen LogP contribution in [-0.4, -0.2) is 33.3 Å². The molecular formula is C21H25NO5. The van der Waals surface area contributed by atoms with Gasteiger partial charge in [0, 0.05) is 6.54 Å². The largest absolute Gasteiger partial charge is 0.497 e. The van der Waals surface area contributed by atoms with E-state index in [1.807, 2.05) is 43.3 Å². The predicted octanol–water partition coefficient (Wildman–Crippen LogP) is 2.97. The van der Waals surface area contributed by atoms with E-state index in [-0.39, 0.29) is 11.8 Å².